The van der Waals surface area contributed by atoms with E-state index in [9.17, 15) is 13.2 Å². The van der Waals surface area contributed by atoms with Gasteiger partial charge in [-0.05, 0) is 81.4 Å². The monoisotopic (exact) mass is 486 g/mol. The van der Waals surface area contributed by atoms with Crippen LogP contribution in [0.15, 0.2) is 58.8 Å². The number of thiazole rings is 1. The van der Waals surface area contributed by atoms with Gasteiger partial charge in [0.2, 0.25) is 0 Å². The molecule has 0 bridgehead atoms. The van der Waals surface area contributed by atoms with E-state index < -0.39 is 10.0 Å². The van der Waals surface area contributed by atoms with E-state index in [1.807, 2.05) is 12.3 Å². The average Bonchev–Trinajstić information content (AvgIpc) is 3.47. The minimum Gasteiger partial charge on any atom is -0.494 e. The summed E-state index contributed by atoms with van der Waals surface area (Å²) in [6, 6.07) is 12.5. The Labute approximate surface area is 197 Å². The number of sulfonamides is 1. The van der Waals surface area contributed by atoms with E-state index in [0.717, 1.165) is 25.3 Å². The number of ether oxygens (including phenoxy) is 1. The molecule has 0 saturated carbocycles. The second kappa shape index (κ2) is 10.3. The number of hydrogen-bond acceptors (Lipinski definition) is 7. The topological polar surface area (TPSA) is 101 Å². The molecule has 174 valence electrons. The van der Waals surface area contributed by atoms with Crippen molar-refractivity contribution in [1.82, 2.24) is 9.88 Å². The van der Waals surface area contributed by atoms with Crippen molar-refractivity contribution < 1.29 is 17.9 Å². The van der Waals surface area contributed by atoms with Crippen molar-refractivity contribution in [2.75, 3.05) is 29.7 Å². The van der Waals surface area contributed by atoms with Gasteiger partial charge < -0.3 is 4.74 Å². The molecule has 33 heavy (non-hydrogen) atoms. The molecule has 1 aliphatic rings. The van der Waals surface area contributed by atoms with E-state index in [-0.39, 0.29) is 10.8 Å². The summed E-state index contributed by atoms with van der Waals surface area (Å²) in [6.07, 6.45) is 2.44. The van der Waals surface area contributed by atoms with Crippen LogP contribution in [0.4, 0.5) is 10.8 Å². The SMILES string of the molecule is CCOc1ccc(S(=O)(=O)Nc2ccc(C(=O)Nc3nc(CN4CCCC4)cs3)cc2)cc1. The number of nitrogens with one attached hydrogen (secondary N) is 2. The first-order chi connectivity index (χ1) is 15.9. The van der Waals surface area contributed by atoms with Crippen molar-refractivity contribution in [3.63, 3.8) is 0 Å². The molecule has 10 heteroatoms. The van der Waals surface area contributed by atoms with Crippen LogP contribution in [-0.4, -0.2) is 43.9 Å². The molecule has 2 aromatic carbocycles. The zero-order chi connectivity index (χ0) is 23.3. The zero-order valence-corrected chi connectivity index (χ0v) is 19.9. The van der Waals surface area contributed by atoms with Gasteiger partial charge in [-0.1, -0.05) is 0 Å². The lowest BCUT2D eigenvalue weighted by molar-refractivity contribution is 0.102. The normalized spacial score (nSPS) is 14.2. The highest BCUT2D eigenvalue weighted by atomic mass is 32.2. The van der Waals surface area contributed by atoms with Crippen LogP contribution in [0.25, 0.3) is 0 Å². The molecule has 0 spiro atoms. The highest BCUT2D eigenvalue weighted by molar-refractivity contribution is 7.92. The van der Waals surface area contributed by atoms with Gasteiger partial charge in [0.05, 0.1) is 17.2 Å². The van der Waals surface area contributed by atoms with Gasteiger partial charge in [-0.25, -0.2) is 13.4 Å². The maximum Gasteiger partial charge on any atom is 0.261 e. The number of anilines is 2. The Hall–Kier alpha value is -2.95. The number of amides is 1. The van der Waals surface area contributed by atoms with E-state index in [2.05, 4.69) is 19.9 Å². The third kappa shape index (κ3) is 6.10. The molecule has 0 aliphatic carbocycles. The second-order valence-electron chi connectivity index (χ2n) is 7.67. The molecule has 1 saturated heterocycles. The Bertz CT molecular complexity index is 1190. The van der Waals surface area contributed by atoms with Gasteiger partial charge >= 0.3 is 0 Å². The molecule has 2 heterocycles. The summed E-state index contributed by atoms with van der Waals surface area (Å²) in [5.74, 6) is 0.313. The van der Waals surface area contributed by atoms with Crippen LogP contribution in [0.1, 0.15) is 35.8 Å². The van der Waals surface area contributed by atoms with Gasteiger partial charge in [-0.3, -0.25) is 19.7 Å². The molecule has 1 fully saturated rings. The molecule has 0 atom stereocenters. The van der Waals surface area contributed by atoms with Gasteiger partial charge in [0.25, 0.3) is 15.9 Å². The van der Waals surface area contributed by atoms with Crippen LogP contribution in [0.5, 0.6) is 5.75 Å². The summed E-state index contributed by atoms with van der Waals surface area (Å²) in [7, 11) is -3.75. The minimum absolute atomic E-state index is 0.126. The van der Waals surface area contributed by atoms with Crippen LogP contribution in [-0.2, 0) is 16.6 Å². The molecule has 1 aliphatic heterocycles. The maximum atomic E-state index is 12.6. The number of benzene rings is 2. The Morgan fingerprint density at radius 2 is 1.79 bits per heavy atom. The van der Waals surface area contributed by atoms with E-state index in [4.69, 9.17) is 4.74 Å². The highest BCUT2D eigenvalue weighted by Gasteiger charge is 2.16. The number of carbonyl (C=O) groups excluding carboxylic acids is 1. The average molecular weight is 487 g/mol. The van der Waals surface area contributed by atoms with Crippen molar-refractivity contribution in [2.45, 2.75) is 31.2 Å². The molecule has 8 nitrogen and oxygen atoms in total. The lowest BCUT2D eigenvalue weighted by Gasteiger charge is -2.11. The summed E-state index contributed by atoms with van der Waals surface area (Å²) in [5, 5.41) is 5.33. The van der Waals surface area contributed by atoms with E-state index >= 15 is 0 Å². The first kappa shape index (κ1) is 23.2. The van der Waals surface area contributed by atoms with Gasteiger partial charge in [0.1, 0.15) is 5.75 Å². The van der Waals surface area contributed by atoms with E-state index in [1.54, 1.807) is 36.4 Å². The zero-order valence-electron chi connectivity index (χ0n) is 18.3. The highest BCUT2D eigenvalue weighted by Crippen LogP contribution is 2.22. The predicted octanol–water partition coefficient (Wildman–Crippen LogP) is 4.19. The number of rotatable bonds is 9. The first-order valence-corrected chi connectivity index (χ1v) is 13.1. The molecule has 3 aromatic rings. The van der Waals surface area contributed by atoms with Crippen LogP contribution in [0.2, 0.25) is 0 Å². The fourth-order valence-corrected chi connectivity index (χ4v) is 5.32. The largest absolute Gasteiger partial charge is 0.494 e. The molecular weight excluding hydrogens is 460 g/mol. The smallest absolute Gasteiger partial charge is 0.261 e. The quantitative estimate of drug-likeness (QED) is 0.470. The fraction of sp³-hybridized carbons (Fsp3) is 0.304. The van der Waals surface area contributed by atoms with Crippen molar-refractivity contribution in [2.24, 2.45) is 0 Å². The number of likely N-dealkylation sites (tertiary alicyclic amines) is 1. The summed E-state index contributed by atoms with van der Waals surface area (Å²) in [5.41, 5.74) is 1.73. The van der Waals surface area contributed by atoms with Gasteiger partial charge in [-0.2, -0.15) is 0 Å². The van der Waals surface area contributed by atoms with Gasteiger partial charge in [-0.15, -0.1) is 11.3 Å². The van der Waals surface area contributed by atoms with Gasteiger partial charge in [0.15, 0.2) is 5.13 Å². The maximum absolute atomic E-state index is 12.6. The van der Waals surface area contributed by atoms with Crippen molar-refractivity contribution >= 4 is 38.1 Å². The molecule has 1 amide bonds. The predicted molar refractivity (Wildman–Crippen MR) is 129 cm³/mol. The van der Waals surface area contributed by atoms with Gasteiger partial charge in [0, 0.05) is 23.2 Å². The van der Waals surface area contributed by atoms with E-state index in [1.165, 1.54) is 36.3 Å². The van der Waals surface area contributed by atoms with Crippen LogP contribution in [0.3, 0.4) is 0 Å². The number of carbonyl (C=O) groups is 1. The summed E-state index contributed by atoms with van der Waals surface area (Å²) < 4.78 is 33.1. The fourth-order valence-electron chi connectivity index (χ4n) is 3.56. The minimum atomic E-state index is -3.75. The molecular formula is C23H26N4O4S2. The molecule has 2 N–H and O–H groups in total. The molecule has 0 unspecified atom stereocenters. The number of nitrogens with zero attached hydrogens (tertiary/aromatic N) is 2. The lowest BCUT2D eigenvalue weighted by atomic mass is 10.2. The third-order valence-electron chi connectivity index (χ3n) is 5.20. The van der Waals surface area contributed by atoms with Crippen molar-refractivity contribution in [3.05, 3.63) is 65.2 Å². The summed E-state index contributed by atoms with van der Waals surface area (Å²) >= 11 is 1.40. The number of hydrogen-bond donors (Lipinski definition) is 2. The van der Waals surface area contributed by atoms with E-state index in [0.29, 0.717) is 28.7 Å². The van der Waals surface area contributed by atoms with Crippen LogP contribution < -0.4 is 14.8 Å². The van der Waals surface area contributed by atoms with Crippen LogP contribution >= 0.6 is 11.3 Å². The molecule has 4 rings (SSSR count). The number of aromatic nitrogens is 1. The van der Waals surface area contributed by atoms with Crippen molar-refractivity contribution in [3.8, 4) is 5.75 Å². The standard InChI is InChI=1S/C23H26N4O4S2/c1-2-31-20-9-11-21(12-10-20)33(29,30)26-18-7-5-17(6-8-18)22(28)25-23-24-19(16-32-23)15-27-13-3-4-14-27/h5-12,16,26H,2-4,13-15H2,1H3,(H,24,25,28). The van der Waals surface area contributed by atoms with Crippen LogP contribution in [0, 0.1) is 0 Å². The lowest BCUT2D eigenvalue weighted by Crippen LogP contribution is -2.18. The van der Waals surface area contributed by atoms with Crippen molar-refractivity contribution in [1.29, 1.82) is 0 Å². The summed E-state index contributed by atoms with van der Waals surface area (Å²) in [4.78, 5) is 19.5. The summed E-state index contributed by atoms with van der Waals surface area (Å²) in [6.45, 7) is 5.35. The third-order valence-corrected chi connectivity index (χ3v) is 7.40. The second-order valence-corrected chi connectivity index (χ2v) is 10.2. The Kier molecular flexibility index (Phi) is 7.26. The molecule has 1 aromatic heterocycles. The first-order valence-electron chi connectivity index (χ1n) is 10.8. The Morgan fingerprint density at radius 3 is 2.45 bits per heavy atom. The molecule has 0 radical (unpaired) electrons. The Morgan fingerprint density at radius 1 is 1.09 bits per heavy atom. The Balaban J connectivity index is 1.35.